The van der Waals surface area contributed by atoms with Crippen LogP contribution in [0, 0.1) is 0 Å². The first-order chi connectivity index (χ1) is 8.65. The summed E-state index contributed by atoms with van der Waals surface area (Å²) in [6, 6.07) is 5.48. The number of hydrogen-bond donors (Lipinski definition) is 1. The second-order valence-corrected chi connectivity index (χ2v) is 4.67. The van der Waals surface area contributed by atoms with Gasteiger partial charge in [0.1, 0.15) is 12.4 Å². The number of rotatable bonds is 4. The summed E-state index contributed by atoms with van der Waals surface area (Å²) in [6.45, 7) is 2.60. The number of aliphatic hydroxyl groups excluding tert-OH is 1. The molecule has 0 amide bonds. The van der Waals surface area contributed by atoms with E-state index in [2.05, 4.69) is 10.2 Å². The first kappa shape index (κ1) is 13.3. The molecule has 0 unspecified atom stereocenters. The second-order valence-electron chi connectivity index (χ2n) is 3.86. The third kappa shape index (κ3) is 2.66. The number of aliphatic hydroxyl groups is 1. The third-order valence-electron chi connectivity index (χ3n) is 2.71. The Balaban J connectivity index is 2.28. The molecule has 0 aliphatic rings. The molecule has 18 heavy (non-hydrogen) atoms. The molecule has 0 saturated carbocycles. The molecule has 0 spiro atoms. The standard InChI is InChI=1S/C12H13Cl2N3O/c1-2-17-11(15-16-12(17)7-18)6-8-3-4-9(13)10(14)5-8/h3-5,18H,2,6-7H2,1H3. The highest BCUT2D eigenvalue weighted by Crippen LogP contribution is 2.23. The van der Waals surface area contributed by atoms with E-state index in [1.54, 1.807) is 6.07 Å². The van der Waals surface area contributed by atoms with Crippen molar-refractivity contribution in [3.8, 4) is 0 Å². The van der Waals surface area contributed by atoms with E-state index in [1.165, 1.54) is 0 Å². The van der Waals surface area contributed by atoms with Crippen LogP contribution in [0.15, 0.2) is 18.2 Å². The Morgan fingerprint density at radius 1 is 1.17 bits per heavy atom. The lowest BCUT2D eigenvalue weighted by Crippen LogP contribution is -2.06. The summed E-state index contributed by atoms with van der Waals surface area (Å²) < 4.78 is 1.89. The van der Waals surface area contributed by atoms with Crippen LogP contribution < -0.4 is 0 Å². The van der Waals surface area contributed by atoms with Crippen LogP contribution in [0.3, 0.4) is 0 Å². The zero-order valence-electron chi connectivity index (χ0n) is 9.90. The summed E-state index contributed by atoms with van der Waals surface area (Å²) >= 11 is 11.8. The lowest BCUT2D eigenvalue weighted by atomic mass is 10.1. The van der Waals surface area contributed by atoms with Crippen molar-refractivity contribution >= 4 is 23.2 Å². The van der Waals surface area contributed by atoms with Crippen molar-refractivity contribution in [3.05, 3.63) is 45.5 Å². The molecule has 1 N–H and O–H groups in total. The van der Waals surface area contributed by atoms with Crippen molar-refractivity contribution in [2.24, 2.45) is 0 Å². The molecule has 4 nitrogen and oxygen atoms in total. The molecule has 0 aliphatic heterocycles. The number of halogens is 2. The van der Waals surface area contributed by atoms with Crippen LogP contribution in [0.25, 0.3) is 0 Å². The van der Waals surface area contributed by atoms with Crippen molar-refractivity contribution < 1.29 is 5.11 Å². The van der Waals surface area contributed by atoms with E-state index >= 15 is 0 Å². The number of aromatic nitrogens is 3. The maximum atomic E-state index is 9.15. The van der Waals surface area contributed by atoms with Crippen LogP contribution in [0.5, 0.6) is 0 Å². The second kappa shape index (κ2) is 5.69. The molecule has 0 aliphatic carbocycles. The molecule has 1 aromatic heterocycles. The van der Waals surface area contributed by atoms with Gasteiger partial charge in [-0.15, -0.1) is 10.2 Å². The Morgan fingerprint density at radius 3 is 2.50 bits per heavy atom. The van der Waals surface area contributed by atoms with Crippen molar-refractivity contribution in [2.75, 3.05) is 0 Å². The topological polar surface area (TPSA) is 50.9 Å². The van der Waals surface area contributed by atoms with Gasteiger partial charge in [-0.2, -0.15) is 0 Å². The minimum Gasteiger partial charge on any atom is -0.388 e. The molecule has 1 heterocycles. The van der Waals surface area contributed by atoms with Crippen LogP contribution in [0.2, 0.25) is 10.0 Å². The molecule has 0 bridgehead atoms. The van der Waals surface area contributed by atoms with Gasteiger partial charge in [0, 0.05) is 13.0 Å². The van der Waals surface area contributed by atoms with E-state index in [4.69, 9.17) is 28.3 Å². The van der Waals surface area contributed by atoms with Crippen LogP contribution in [0.1, 0.15) is 24.1 Å². The van der Waals surface area contributed by atoms with Gasteiger partial charge >= 0.3 is 0 Å². The first-order valence-electron chi connectivity index (χ1n) is 5.61. The summed E-state index contributed by atoms with van der Waals surface area (Å²) in [5, 5.41) is 18.2. The van der Waals surface area contributed by atoms with E-state index in [-0.39, 0.29) is 6.61 Å². The Morgan fingerprint density at radius 2 is 1.89 bits per heavy atom. The number of hydrogen-bond acceptors (Lipinski definition) is 3. The molecule has 0 atom stereocenters. The smallest absolute Gasteiger partial charge is 0.158 e. The van der Waals surface area contributed by atoms with Gasteiger partial charge in [-0.1, -0.05) is 29.3 Å². The van der Waals surface area contributed by atoms with Gasteiger partial charge in [-0.3, -0.25) is 0 Å². The van der Waals surface area contributed by atoms with Crippen LogP contribution >= 0.6 is 23.2 Å². The molecule has 0 saturated heterocycles. The normalized spacial score (nSPS) is 10.9. The fraction of sp³-hybridized carbons (Fsp3) is 0.333. The lowest BCUT2D eigenvalue weighted by Gasteiger charge is -2.06. The van der Waals surface area contributed by atoms with E-state index < -0.39 is 0 Å². The summed E-state index contributed by atoms with van der Waals surface area (Å²) in [5.74, 6) is 1.38. The van der Waals surface area contributed by atoms with Crippen molar-refractivity contribution in [1.82, 2.24) is 14.8 Å². The highest BCUT2D eigenvalue weighted by atomic mass is 35.5. The summed E-state index contributed by atoms with van der Waals surface area (Å²) in [6.07, 6.45) is 0.609. The average Bonchev–Trinajstić information content (AvgIpc) is 2.75. The number of nitrogens with zero attached hydrogens (tertiary/aromatic N) is 3. The molecular weight excluding hydrogens is 273 g/mol. The first-order valence-corrected chi connectivity index (χ1v) is 6.37. The van der Waals surface area contributed by atoms with E-state index in [0.717, 1.165) is 17.9 Å². The zero-order valence-corrected chi connectivity index (χ0v) is 11.4. The molecule has 2 aromatic rings. The van der Waals surface area contributed by atoms with E-state index in [1.807, 2.05) is 23.6 Å². The van der Waals surface area contributed by atoms with Gasteiger partial charge in [0.15, 0.2) is 5.82 Å². The van der Waals surface area contributed by atoms with Crippen LogP contribution in [0.4, 0.5) is 0 Å². The van der Waals surface area contributed by atoms with Gasteiger partial charge in [-0.25, -0.2) is 0 Å². The molecule has 6 heteroatoms. The van der Waals surface area contributed by atoms with Gasteiger partial charge in [-0.05, 0) is 24.6 Å². The lowest BCUT2D eigenvalue weighted by molar-refractivity contribution is 0.264. The SMILES string of the molecule is CCn1c(CO)nnc1Cc1ccc(Cl)c(Cl)c1. The molecule has 0 radical (unpaired) electrons. The monoisotopic (exact) mass is 285 g/mol. The predicted octanol–water partition coefficient (Wildman–Crippen LogP) is 2.69. The fourth-order valence-electron chi connectivity index (χ4n) is 1.82. The fourth-order valence-corrected chi connectivity index (χ4v) is 2.14. The summed E-state index contributed by atoms with van der Waals surface area (Å²) in [7, 11) is 0. The Kier molecular flexibility index (Phi) is 4.22. The van der Waals surface area contributed by atoms with Gasteiger partial charge in [0.05, 0.1) is 10.0 Å². The quantitative estimate of drug-likeness (QED) is 0.940. The van der Waals surface area contributed by atoms with Crippen molar-refractivity contribution in [1.29, 1.82) is 0 Å². The maximum Gasteiger partial charge on any atom is 0.158 e. The minimum absolute atomic E-state index is 0.109. The van der Waals surface area contributed by atoms with E-state index in [9.17, 15) is 0 Å². The average molecular weight is 286 g/mol. The Bertz CT molecular complexity index is 554. The predicted molar refractivity (Wildman–Crippen MR) is 70.9 cm³/mol. The van der Waals surface area contributed by atoms with Gasteiger partial charge in [0.2, 0.25) is 0 Å². The highest BCUT2D eigenvalue weighted by Gasteiger charge is 2.10. The largest absolute Gasteiger partial charge is 0.388 e. The third-order valence-corrected chi connectivity index (χ3v) is 3.45. The minimum atomic E-state index is -0.109. The van der Waals surface area contributed by atoms with Crippen LogP contribution in [-0.2, 0) is 19.6 Å². The molecule has 2 rings (SSSR count). The number of benzene rings is 1. The molecular formula is C12H13Cl2N3O. The van der Waals surface area contributed by atoms with Gasteiger partial charge < -0.3 is 9.67 Å². The Labute approximate surface area is 115 Å². The molecule has 1 aromatic carbocycles. The molecule has 96 valence electrons. The summed E-state index contributed by atoms with van der Waals surface area (Å²) in [5.41, 5.74) is 1.01. The molecule has 0 fully saturated rings. The highest BCUT2D eigenvalue weighted by molar-refractivity contribution is 6.42. The van der Waals surface area contributed by atoms with Crippen LogP contribution in [-0.4, -0.2) is 19.9 Å². The summed E-state index contributed by atoms with van der Waals surface area (Å²) in [4.78, 5) is 0. The van der Waals surface area contributed by atoms with Crippen molar-refractivity contribution in [3.63, 3.8) is 0 Å². The van der Waals surface area contributed by atoms with Gasteiger partial charge in [0.25, 0.3) is 0 Å². The maximum absolute atomic E-state index is 9.15. The van der Waals surface area contributed by atoms with E-state index in [0.29, 0.717) is 22.3 Å². The Hall–Kier alpha value is -1.10. The zero-order chi connectivity index (χ0) is 13.1. The van der Waals surface area contributed by atoms with Crippen molar-refractivity contribution in [2.45, 2.75) is 26.5 Å².